The van der Waals surface area contributed by atoms with Crippen LogP contribution in [-0.4, -0.2) is 17.1 Å². The molecule has 1 atom stereocenters. The van der Waals surface area contributed by atoms with Crippen molar-refractivity contribution < 1.29 is 18.0 Å². The minimum Gasteiger partial charge on any atom is -0.294 e. The van der Waals surface area contributed by atoms with Crippen molar-refractivity contribution >= 4 is 28.5 Å². The molecule has 0 aliphatic carbocycles. The molecular weight excluding hydrogens is 337 g/mol. The Morgan fingerprint density at radius 1 is 1.38 bits per heavy atom. The maximum atomic E-state index is 11.8. The summed E-state index contributed by atoms with van der Waals surface area (Å²) in [6.07, 6.45) is 3.99. The van der Waals surface area contributed by atoms with Gasteiger partial charge in [-0.1, -0.05) is 71.3 Å². The third kappa shape index (κ3) is 12.1. The van der Waals surface area contributed by atoms with Crippen LogP contribution in [0.1, 0.15) is 65.7 Å². The Morgan fingerprint density at radius 3 is 2.33 bits per heavy atom. The molecule has 0 aliphatic heterocycles. The smallest absolute Gasteiger partial charge is 0.294 e. The van der Waals surface area contributed by atoms with Crippen molar-refractivity contribution in [2.75, 3.05) is 5.32 Å². The number of allylic oxidation sites excluding steroid dienone is 1. The Kier molecular flexibility index (Phi) is 14.5. The Morgan fingerprint density at radius 2 is 1.96 bits per heavy atom. The second-order valence-electron chi connectivity index (χ2n) is 4.82. The van der Waals surface area contributed by atoms with Gasteiger partial charge in [-0.25, -0.2) is 4.98 Å². The molecule has 1 aromatic rings. The Bertz CT molecular complexity index is 471. The number of hydrogen-bond donors (Lipinski definition) is 1. The maximum Gasteiger partial charge on any atom is 0.471 e. The maximum absolute atomic E-state index is 11.8. The van der Waals surface area contributed by atoms with Gasteiger partial charge < -0.3 is 0 Å². The van der Waals surface area contributed by atoms with E-state index in [4.69, 9.17) is 0 Å². The van der Waals surface area contributed by atoms with Gasteiger partial charge >= 0.3 is 12.1 Å². The summed E-state index contributed by atoms with van der Waals surface area (Å²) in [5.74, 6) is -1.06. The van der Waals surface area contributed by atoms with E-state index in [9.17, 15) is 18.0 Å². The number of aromatic nitrogens is 1. The van der Waals surface area contributed by atoms with Gasteiger partial charge in [-0.2, -0.15) is 13.2 Å². The number of nitrogens with zero attached hydrogens (tertiary/aromatic N) is 1. The standard InChI is InChI=1S/C8H7F3N2OS.C7H16.C2H6/c1-2-3-5-4-12-7(15-5)13-6(14)8(9,10)11;1-4-6-7(3)5-2;1-2/h2-4H,1H3,(H,12,13,14);7H,4-6H2,1-3H3;1-2H3/b3-2+;;/t;7-;/m.0./s1. The van der Waals surface area contributed by atoms with Crippen LogP contribution >= 0.6 is 11.3 Å². The van der Waals surface area contributed by atoms with Crippen LogP contribution in [0, 0.1) is 5.92 Å². The van der Waals surface area contributed by atoms with Gasteiger partial charge in [-0.05, 0) is 18.9 Å². The third-order valence-corrected chi connectivity index (χ3v) is 3.69. The van der Waals surface area contributed by atoms with Crippen LogP contribution in [0.5, 0.6) is 0 Å². The molecule has 3 nitrogen and oxygen atoms in total. The average molecular weight is 366 g/mol. The fraction of sp³-hybridized carbons (Fsp3) is 0.647. The summed E-state index contributed by atoms with van der Waals surface area (Å²) < 4.78 is 35.5. The summed E-state index contributed by atoms with van der Waals surface area (Å²) in [6, 6.07) is 0. The number of rotatable bonds is 5. The molecule has 0 radical (unpaired) electrons. The summed E-state index contributed by atoms with van der Waals surface area (Å²) >= 11 is 0.972. The van der Waals surface area contributed by atoms with E-state index in [2.05, 4.69) is 25.8 Å². The van der Waals surface area contributed by atoms with Gasteiger partial charge in [-0.15, -0.1) is 0 Å². The zero-order chi connectivity index (χ0) is 19.2. The van der Waals surface area contributed by atoms with Crippen molar-refractivity contribution in [3.63, 3.8) is 0 Å². The molecule has 24 heavy (non-hydrogen) atoms. The third-order valence-electron chi connectivity index (χ3n) is 2.81. The normalized spacial score (nSPS) is 11.9. The second-order valence-corrected chi connectivity index (χ2v) is 5.88. The molecular formula is C17H29F3N2OS. The van der Waals surface area contributed by atoms with E-state index in [0.29, 0.717) is 4.88 Å². The number of nitrogens with one attached hydrogen (secondary N) is 1. The first-order chi connectivity index (χ1) is 11.2. The molecule has 0 aliphatic rings. The molecule has 0 fully saturated rings. The van der Waals surface area contributed by atoms with Crippen molar-refractivity contribution in [1.29, 1.82) is 0 Å². The number of carbonyl (C=O) groups excluding carboxylic acids is 1. The Hall–Kier alpha value is -1.37. The van der Waals surface area contributed by atoms with Crippen LogP contribution in [0.3, 0.4) is 0 Å². The topological polar surface area (TPSA) is 42.0 Å². The Labute approximate surface area is 147 Å². The van der Waals surface area contributed by atoms with E-state index in [1.807, 2.05) is 13.8 Å². The molecule has 1 aromatic heterocycles. The van der Waals surface area contributed by atoms with Crippen LogP contribution in [-0.2, 0) is 4.79 Å². The Balaban J connectivity index is 0. The van der Waals surface area contributed by atoms with Crippen molar-refractivity contribution in [2.24, 2.45) is 5.92 Å². The van der Waals surface area contributed by atoms with Gasteiger partial charge in [0.15, 0.2) is 5.13 Å². The predicted octanol–water partition coefficient (Wildman–Crippen LogP) is 6.54. The fourth-order valence-electron chi connectivity index (χ4n) is 1.45. The van der Waals surface area contributed by atoms with E-state index >= 15 is 0 Å². The van der Waals surface area contributed by atoms with Crippen molar-refractivity contribution in [2.45, 2.75) is 67.0 Å². The monoisotopic (exact) mass is 366 g/mol. The number of halogens is 3. The van der Waals surface area contributed by atoms with Gasteiger partial charge in [0.1, 0.15) is 0 Å². The summed E-state index contributed by atoms with van der Waals surface area (Å²) in [4.78, 5) is 14.8. The van der Waals surface area contributed by atoms with Crippen LogP contribution in [0.4, 0.5) is 18.3 Å². The lowest BCUT2D eigenvalue weighted by molar-refractivity contribution is -0.167. The average Bonchev–Trinajstić information content (AvgIpc) is 2.97. The number of alkyl halides is 3. The van der Waals surface area contributed by atoms with Crippen LogP contribution in [0.25, 0.3) is 6.08 Å². The largest absolute Gasteiger partial charge is 0.471 e. The molecule has 0 unspecified atom stereocenters. The molecule has 0 bridgehead atoms. The van der Waals surface area contributed by atoms with E-state index in [0.717, 1.165) is 17.3 Å². The molecule has 0 spiro atoms. The van der Waals surface area contributed by atoms with Crippen LogP contribution < -0.4 is 5.32 Å². The fourth-order valence-corrected chi connectivity index (χ4v) is 2.23. The molecule has 140 valence electrons. The molecule has 1 amide bonds. The first-order valence-corrected chi connectivity index (χ1v) is 9.02. The lowest BCUT2D eigenvalue weighted by Gasteiger charge is -2.03. The first kappa shape index (κ1) is 24.9. The predicted molar refractivity (Wildman–Crippen MR) is 97.2 cm³/mol. The number of carbonyl (C=O) groups is 1. The van der Waals surface area contributed by atoms with Gasteiger partial charge in [-0.3, -0.25) is 10.1 Å². The first-order valence-electron chi connectivity index (χ1n) is 8.21. The van der Waals surface area contributed by atoms with Gasteiger partial charge in [0, 0.05) is 11.1 Å². The molecule has 0 saturated heterocycles. The van der Waals surface area contributed by atoms with Crippen LogP contribution in [0.2, 0.25) is 0 Å². The summed E-state index contributed by atoms with van der Waals surface area (Å²) in [6.45, 7) is 12.6. The van der Waals surface area contributed by atoms with E-state index < -0.39 is 12.1 Å². The highest BCUT2D eigenvalue weighted by atomic mass is 32.1. The lowest BCUT2D eigenvalue weighted by atomic mass is 10.0. The number of hydrogen-bond acceptors (Lipinski definition) is 3. The highest BCUT2D eigenvalue weighted by molar-refractivity contribution is 7.16. The zero-order valence-corrected chi connectivity index (χ0v) is 16.1. The highest BCUT2D eigenvalue weighted by Crippen LogP contribution is 2.22. The summed E-state index contributed by atoms with van der Waals surface area (Å²) in [5.41, 5.74) is 0. The minimum absolute atomic E-state index is 0.0644. The molecule has 1 N–H and O–H groups in total. The highest BCUT2D eigenvalue weighted by Gasteiger charge is 2.39. The second kappa shape index (κ2) is 14.0. The van der Waals surface area contributed by atoms with Crippen molar-refractivity contribution in [3.8, 4) is 0 Å². The molecule has 0 aromatic carbocycles. The van der Waals surface area contributed by atoms with E-state index in [1.54, 1.807) is 24.4 Å². The minimum atomic E-state index is -4.88. The summed E-state index contributed by atoms with van der Waals surface area (Å²) in [5, 5.41) is 1.61. The molecule has 1 rings (SSSR count). The summed E-state index contributed by atoms with van der Waals surface area (Å²) in [7, 11) is 0. The van der Waals surface area contributed by atoms with Crippen LogP contribution in [0.15, 0.2) is 12.3 Å². The van der Waals surface area contributed by atoms with Gasteiger partial charge in [0.25, 0.3) is 0 Å². The van der Waals surface area contributed by atoms with Crippen molar-refractivity contribution in [3.05, 3.63) is 17.2 Å². The zero-order valence-electron chi connectivity index (χ0n) is 15.3. The number of amides is 1. The number of anilines is 1. The number of thiazole rings is 1. The lowest BCUT2D eigenvalue weighted by Crippen LogP contribution is -2.29. The van der Waals surface area contributed by atoms with Crippen molar-refractivity contribution in [1.82, 2.24) is 4.98 Å². The molecule has 1 heterocycles. The SMILES string of the molecule is C/C=C/c1cnc(NC(=O)C(F)(F)F)s1.CC.CCC[C@@H](C)CC. The van der Waals surface area contributed by atoms with Gasteiger partial charge in [0.2, 0.25) is 0 Å². The van der Waals surface area contributed by atoms with E-state index in [1.165, 1.54) is 25.5 Å². The van der Waals surface area contributed by atoms with E-state index in [-0.39, 0.29) is 5.13 Å². The van der Waals surface area contributed by atoms with Gasteiger partial charge in [0.05, 0.1) is 0 Å². The quantitative estimate of drug-likeness (QED) is 0.643. The molecule has 7 heteroatoms. The molecule has 0 saturated carbocycles.